The van der Waals surface area contributed by atoms with E-state index in [4.69, 9.17) is 28.4 Å². The average Bonchev–Trinajstić information content (AvgIpc) is 3.61. The van der Waals surface area contributed by atoms with Gasteiger partial charge in [0.25, 0.3) is 0 Å². The van der Waals surface area contributed by atoms with Crippen LogP contribution in [0.25, 0.3) is 11.1 Å². The molecule has 0 spiro atoms. The molecule has 2 atom stereocenters. The fourth-order valence-corrected chi connectivity index (χ4v) is 6.86. The van der Waals surface area contributed by atoms with Gasteiger partial charge >= 0.3 is 17.9 Å². The fourth-order valence-electron chi connectivity index (χ4n) is 6.86. The molecular weight excluding hydrogens is 660 g/mol. The summed E-state index contributed by atoms with van der Waals surface area (Å²) in [5.74, 6) is -0.113. The molecule has 0 radical (unpaired) electrons. The molecule has 2 aliphatic rings. The van der Waals surface area contributed by atoms with Gasteiger partial charge < -0.3 is 28.4 Å². The number of unbranched alkanes of at least 4 members (excludes halogenated alkanes) is 2. The number of benzene rings is 3. The highest BCUT2D eigenvalue weighted by Gasteiger charge is 2.47. The van der Waals surface area contributed by atoms with E-state index in [0.29, 0.717) is 29.4 Å². The summed E-state index contributed by atoms with van der Waals surface area (Å²) in [6.07, 6.45) is 6.59. The van der Waals surface area contributed by atoms with Crippen molar-refractivity contribution in [1.29, 1.82) is 0 Å². The maximum atomic E-state index is 13.0. The van der Waals surface area contributed by atoms with Crippen LogP contribution in [0.15, 0.2) is 84.9 Å². The predicted molar refractivity (Wildman–Crippen MR) is 198 cm³/mol. The van der Waals surface area contributed by atoms with Crippen LogP contribution >= 0.6 is 0 Å². The van der Waals surface area contributed by atoms with Gasteiger partial charge in [0.2, 0.25) is 0 Å². The average molecular weight is 713 g/mol. The third kappa shape index (κ3) is 10.9. The smallest absolute Gasteiger partial charge is 0.343 e. The first-order valence-electron chi connectivity index (χ1n) is 18.6. The van der Waals surface area contributed by atoms with E-state index in [9.17, 15) is 14.4 Å². The van der Waals surface area contributed by atoms with Crippen molar-refractivity contribution < 1.29 is 42.8 Å². The molecule has 9 nitrogen and oxygen atoms in total. The first kappa shape index (κ1) is 38.9. The lowest BCUT2D eigenvalue weighted by molar-refractivity contribution is -0.163. The normalized spacial score (nSPS) is 20.3. The monoisotopic (exact) mass is 712 g/mol. The Balaban J connectivity index is 1.07. The van der Waals surface area contributed by atoms with Crippen molar-refractivity contribution in [2.24, 2.45) is 5.92 Å². The van der Waals surface area contributed by atoms with E-state index in [1.165, 1.54) is 50.5 Å². The summed E-state index contributed by atoms with van der Waals surface area (Å²) < 4.78 is 32.8. The van der Waals surface area contributed by atoms with Crippen LogP contribution in [0.4, 0.5) is 0 Å². The maximum absolute atomic E-state index is 13.0. The molecule has 1 aliphatic heterocycles. The predicted octanol–water partition coefficient (Wildman–Crippen LogP) is 8.91. The Labute approximate surface area is 307 Å². The lowest BCUT2D eigenvalue weighted by Crippen LogP contribution is -2.39. The highest BCUT2D eigenvalue weighted by Crippen LogP contribution is 2.38. The lowest BCUT2D eigenvalue weighted by Gasteiger charge is -2.29. The summed E-state index contributed by atoms with van der Waals surface area (Å²) >= 11 is 0. The number of carbonyl (C=O) groups excluding carboxylic acids is 3. The van der Waals surface area contributed by atoms with Gasteiger partial charge in [0, 0.05) is 12.2 Å². The van der Waals surface area contributed by atoms with Crippen LogP contribution in [0, 0.1) is 5.92 Å². The maximum Gasteiger partial charge on any atom is 0.343 e. The van der Waals surface area contributed by atoms with Gasteiger partial charge in [-0.3, -0.25) is 0 Å². The van der Waals surface area contributed by atoms with E-state index in [1.807, 2.05) is 19.1 Å². The number of hydrogen-bond acceptors (Lipinski definition) is 9. The Morgan fingerprint density at radius 3 is 1.83 bits per heavy atom. The highest BCUT2D eigenvalue weighted by atomic mass is 16.8. The van der Waals surface area contributed by atoms with Crippen LogP contribution in [0.1, 0.15) is 106 Å². The van der Waals surface area contributed by atoms with Crippen LogP contribution in [0.5, 0.6) is 5.75 Å². The quantitative estimate of drug-likeness (QED) is 0.0587. The van der Waals surface area contributed by atoms with Gasteiger partial charge in [-0.2, -0.15) is 0 Å². The molecule has 0 aromatic heterocycles. The zero-order valence-corrected chi connectivity index (χ0v) is 30.7. The Kier molecular flexibility index (Phi) is 14.6. The second kappa shape index (κ2) is 19.5. The third-order valence-electron chi connectivity index (χ3n) is 9.65. The van der Waals surface area contributed by atoms with Crippen LogP contribution < -0.4 is 4.74 Å². The molecule has 3 aromatic rings. The van der Waals surface area contributed by atoms with Crippen molar-refractivity contribution in [2.75, 3.05) is 26.4 Å². The van der Waals surface area contributed by atoms with Crippen molar-refractivity contribution in [2.45, 2.75) is 96.6 Å². The summed E-state index contributed by atoms with van der Waals surface area (Å²) in [6.45, 7) is 11.0. The van der Waals surface area contributed by atoms with E-state index < -0.39 is 36.4 Å². The van der Waals surface area contributed by atoms with E-state index in [-0.39, 0.29) is 13.2 Å². The first-order valence-corrected chi connectivity index (χ1v) is 18.6. The number of carbonyl (C=O) groups is 3. The minimum atomic E-state index is -1.25. The van der Waals surface area contributed by atoms with Crippen molar-refractivity contribution in [3.05, 3.63) is 102 Å². The molecule has 0 bridgehead atoms. The summed E-state index contributed by atoms with van der Waals surface area (Å²) in [5, 5.41) is 0. The SMILES string of the molecule is C=C(C)COCCCCCC1CCC(c2ccc(-c3ccc(C(=O)Oc4ccc(C5O[C@@H](C(=O)OCC)[C@H](C(=O)OCC)O5)cc4)cc3)cc2)CC1. The largest absolute Gasteiger partial charge is 0.464 e. The van der Waals surface area contributed by atoms with Crippen molar-refractivity contribution in [3.8, 4) is 16.9 Å². The number of esters is 3. The molecule has 5 rings (SSSR count). The number of rotatable bonds is 17. The fraction of sp³-hybridized carbons (Fsp3) is 0.465. The first-order chi connectivity index (χ1) is 25.2. The van der Waals surface area contributed by atoms with Crippen LogP contribution in [0.2, 0.25) is 0 Å². The molecule has 3 aromatic carbocycles. The topological polar surface area (TPSA) is 107 Å². The molecule has 1 saturated carbocycles. The van der Waals surface area contributed by atoms with Crippen molar-refractivity contribution in [1.82, 2.24) is 0 Å². The van der Waals surface area contributed by atoms with Crippen LogP contribution in [-0.2, 0) is 33.3 Å². The summed E-state index contributed by atoms with van der Waals surface area (Å²) in [4.78, 5) is 37.8. The van der Waals surface area contributed by atoms with Gasteiger partial charge in [0.15, 0.2) is 18.5 Å². The molecule has 0 amide bonds. The van der Waals surface area contributed by atoms with E-state index in [0.717, 1.165) is 35.6 Å². The zero-order chi connectivity index (χ0) is 36.9. The molecule has 0 N–H and O–H groups in total. The zero-order valence-electron chi connectivity index (χ0n) is 30.7. The summed E-state index contributed by atoms with van der Waals surface area (Å²) in [6, 6.07) is 22.8. The van der Waals surface area contributed by atoms with Gasteiger partial charge in [0.1, 0.15) is 5.75 Å². The second-order valence-electron chi connectivity index (χ2n) is 13.7. The lowest BCUT2D eigenvalue weighted by atomic mass is 9.77. The minimum absolute atomic E-state index is 0.130. The summed E-state index contributed by atoms with van der Waals surface area (Å²) in [7, 11) is 0. The van der Waals surface area contributed by atoms with Gasteiger partial charge in [-0.1, -0.05) is 79.9 Å². The molecule has 1 saturated heterocycles. The van der Waals surface area contributed by atoms with E-state index >= 15 is 0 Å². The molecule has 2 fully saturated rings. The molecule has 9 heteroatoms. The molecular formula is C43H52O9. The highest BCUT2D eigenvalue weighted by molar-refractivity contribution is 5.91. The third-order valence-corrected chi connectivity index (χ3v) is 9.65. The molecule has 0 unspecified atom stereocenters. The second-order valence-corrected chi connectivity index (χ2v) is 13.7. The van der Waals surface area contributed by atoms with Crippen molar-refractivity contribution >= 4 is 17.9 Å². The Bertz CT molecular complexity index is 1580. The van der Waals surface area contributed by atoms with Gasteiger partial charge in [0.05, 0.1) is 25.4 Å². The van der Waals surface area contributed by atoms with E-state index in [1.54, 1.807) is 50.2 Å². The van der Waals surface area contributed by atoms with Crippen LogP contribution in [-0.4, -0.2) is 56.5 Å². The van der Waals surface area contributed by atoms with Crippen molar-refractivity contribution in [3.63, 3.8) is 0 Å². The van der Waals surface area contributed by atoms with Gasteiger partial charge in [-0.15, -0.1) is 0 Å². The Morgan fingerprint density at radius 1 is 0.712 bits per heavy atom. The van der Waals surface area contributed by atoms with E-state index in [2.05, 4.69) is 30.8 Å². The molecule has 52 heavy (non-hydrogen) atoms. The van der Waals surface area contributed by atoms with Gasteiger partial charge in [-0.05, 0) is 106 Å². The Morgan fingerprint density at radius 2 is 1.27 bits per heavy atom. The van der Waals surface area contributed by atoms with Crippen LogP contribution in [0.3, 0.4) is 0 Å². The number of ether oxygens (including phenoxy) is 6. The number of hydrogen-bond donors (Lipinski definition) is 0. The molecule has 1 heterocycles. The summed E-state index contributed by atoms with van der Waals surface area (Å²) in [5.41, 5.74) is 5.58. The molecule has 278 valence electrons. The van der Waals surface area contributed by atoms with Gasteiger partial charge in [-0.25, -0.2) is 14.4 Å². The standard InChI is InChI=1S/C43H52O9/c1-5-48-41(45)38-39(42(46)49-6-2)52-43(51-38)36-23-25-37(26-24-36)50-40(44)35-21-19-34(20-22-35)33-17-15-32(16-18-33)31-13-11-30(12-14-31)10-8-7-9-27-47-28-29(3)4/h15-26,30-31,38-39,43H,3,5-14,27-28H2,1-2,4H3/t30?,31?,38-,39-/m1/s1. The minimum Gasteiger partial charge on any atom is -0.464 e. The molecule has 1 aliphatic carbocycles. The Hall–Kier alpha value is -4.31.